The fraction of sp³-hybridized carbons (Fsp3) is 0.522. The van der Waals surface area contributed by atoms with Gasteiger partial charge in [0, 0.05) is 11.2 Å². The molecule has 0 aliphatic carbocycles. The minimum absolute atomic E-state index is 0.0432. The van der Waals surface area contributed by atoms with Gasteiger partial charge in [0.15, 0.2) is 5.78 Å². The highest BCUT2D eigenvalue weighted by Gasteiger charge is 2.46. The topological polar surface area (TPSA) is 75.7 Å². The third kappa shape index (κ3) is 4.27. The van der Waals surface area contributed by atoms with Crippen LogP contribution in [-0.2, 0) is 14.3 Å². The lowest BCUT2D eigenvalue weighted by Crippen LogP contribution is -2.58. The summed E-state index contributed by atoms with van der Waals surface area (Å²) >= 11 is 1.42. The first-order chi connectivity index (χ1) is 14.2. The molecule has 0 spiro atoms. The van der Waals surface area contributed by atoms with Crippen LogP contribution in [0.3, 0.4) is 0 Å². The zero-order valence-corrected chi connectivity index (χ0v) is 18.5. The summed E-state index contributed by atoms with van der Waals surface area (Å²) in [7, 11) is 0. The molecule has 1 N–H and O–H groups in total. The Hall–Kier alpha value is -2.25. The van der Waals surface area contributed by atoms with Gasteiger partial charge in [-0.2, -0.15) is 0 Å². The molecule has 2 amide bonds. The Bertz CT molecular complexity index is 944. The van der Waals surface area contributed by atoms with Crippen molar-refractivity contribution in [2.75, 3.05) is 13.2 Å². The molecule has 0 bridgehead atoms. The van der Waals surface area contributed by atoms with E-state index in [1.165, 1.54) is 11.3 Å². The molecule has 3 heterocycles. The van der Waals surface area contributed by atoms with E-state index < -0.39 is 12.1 Å². The number of nitrogens with zero attached hydrogens (tertiary/aromatic N) is 1. The van der Waals surface area contributed by atoms with Gasteiger partial charge in [-0.15, -0.1) is 11.3 Å². The predicted molar refractivity (Wildman–Crippen MR) is 117 cm³/mol. The van der Waals surface area contributed by atoms with E-state index in [4.69, 9.17) is 4.74 Å². The number of benzene rings is 1. The van der Waals surface area contributed by atoms with Crippen LogP contribution in [0.2, 0.25) is 0 Å². The maximum absolute atomic E-state index is 13.5. The highest BCUT2D eigenvalue weighted by atomic mass is 32.1. The van der Waals surface area contributed by atoms with Gasteiger partial charge in [-0.25, -0.2) is 0 Å². The van der Waals surface area contributed by atoms with E-state index in [-0.39, 0.29) is 35.7 Å². The molecule has 4 rings (SSSR count). The van der Waals surface area contributed by atoms with Crippen LogP contribution in [0.4, 0.5) is 0 Å². The van der Waals surface area contributed by atoms with Crippen molar-refractivity contribution in [3.63, 3.8) is 0 Å². The van der Waals surface area contributed by atoms with Crippen LogP contribution in [-0.4, -0.2) is 53.8 Å². The summed E-state index contributed by atoms with van der Waals surface area (Å²) in [5, 5.41) is 3.98. The SMILES string of the molecule is CC(C)(C)CC(NC(=O)c1cc2ccccc2s1)C(=O)N1CCCC2OCC(=O)C21. The lowest BCUT2D eigenvalue weighted by molar-refractivity contribution is -0.143. The standard InChI is InChI=1S/C23H28N2O4S/c1-23(2,3)12-15(22(28)25-10-6-8-17-20(25)16(26)13-29-17)24-21(27)19-11-14-7-4-5-9-18(14)30-19/h4-5,7,9,11,15,17,20H,6,8,10,12-13H2,1-3H3,(H,24,27). The number of piperidine rings is 1. The lowest BCUT2D eigenvalue weighted by Gasteiger charge is -2.38. The summed E-state index contributed by atoms with van der Waals surface area (Å²) in [6.45, 7) is 6.72. The highest BCUT2D eigenvalue weighted by molar-refractivity contribution is 7.20. The highest BCUT2D eigenvalue weighted by Crippen LogP contribution is 2.30. The average molecular weight is 429 g/mol. The molecule has 160 valence electrons. The van der Waals surface area contributed by atoms with Gasteiger partial charge in [0.25, 0.3) is 5.91 Å². The van der Waals surface area contributed by atoms with Gasteiger partial charge in [-0.3, -0.25) is 14.4 Å². The predicted octanol–water partition coefficient (Wildman–Crippen LogP) is 3.39. The smallest absolute Gasteiger partial charge is 0.262 e. The number of amides is 2. The van der Waals surface area contributed by atoms with E-state index in [0.29, 0.717) is 17.8 Å². The first-order valence-electron chi connectivity index (χ1n) is 10.5. The van der Waals surface area contributed by atoms with E-state index in [1.54, 1.807) is 4.90 Å². The van der Waals surface area contributed by atoms with Gasteiger partial charge in [0.1, 0.15) is 18.7 Å². The van der Waals surface area contributed by atoms with Crippen molar-refractivity contribution < 1.29 is 19.1 Å². The van der Waals surface area contributed by atoms with Crippen LogP contribution in [0.1, 0.15) is 49.7 Å². The Morgan fingerprint density at radius 1 is 1.30 bits per heavy atom. The molecular formula is C23H28N2O4S. The Kier molecular flexibility index (Phi) is 5.68. The molecule has 0 saturated carbocycles. The number of fused-ring (bicyclic) bond motifs is 2. The van der Waals surface area contributed by atoms with Crippen molar-refractivity contribution in [1.29, 1.82) is 0 Å². The van der Waals surface area contributed by atoms with Crippen LogP contribution in [0.15, 0.2) is 30.3 Å². The third-order valence-electron chi connectivity index (χ3n) is 5.70. The van der Waals surface area contributed by atoms with Crippen molar-refractivity contribution >= 4 is 39.0 Å². The first kappa shape index (κ1) is 21.0. The quantitative estimate of drug-likeness (QED) is 0.810. The Morgan fingerprint density at radius 2 is 2.07 bits per heavy atom. The first-order valence-corrected chi connectivity index (χ1v) is 11.3. The number of Topliss-reactive ketones (excluding diaryl/α,β-unsaturated/α-hetero) is 1. The fourth-order valence-electron chi connectivity index (χ4n) is 4.37. The van der Waals surface area contributed by atoms with Gasteiger partial charge in [-0.1, -0.05) is 39.0 Å². The molecule has 1 aromatic heterocycles. The van der Waals surface area contributed by atoms with Crippen molar-refractivity contribution in [3.8, 4) is 0 Å². The summed E-state index contributed by atoms with van der Waals surface area (Å²) < 4.78 is 6.62. The van der Waals surface area contributed by atoms with Crippen LogP contribution in [0, 0.1) is 5.41 Å². The molecule has 0 radical (unpaired) electrons. The second-order valence-corrected chi connectivity index (χ2v) is 10.5. The molecule has 30 heavy (non-hydrogen) atoms. The molecule has 7 heteroatoms. The zero-order chi connectivity index (χ0) is 21.5. The van der Waals surface area contributed by atoms with E-state index in [0.717, 1.165) is 22.9 Å². The van der Waals surface area contributed by atoms with E-state index in [2.05, 4.69) is 5.32 Å². The molecule has 2 aromatic rings. The Balaban J connectivity index is 1.57. The molecule has 3 atom stereocenters. The van der Waals surface area contributed by atoms with Crippen LogP contribution >= 0.6 is 11.3 Å². The summed E-state index contributed by atoms with van der Waals surface area (Å²) in [6.07, 6.45) is 1.86. The zero-order valence-electron chi connectivity index (χ0n) is 17.6. The number of nitrogens with one attached hydrogen (secondary N) is 1. The number of hydrogen-bond acceptors (Lipinski definition) is 5. The summed E-state index contributed by atoms with van der Waals surface area (Å²) in [6, 6.07) is 8.49. The third-order valence-corrected chi connectivity index (χ3v) is 6.81. The van der Waals surface area contributed by atoms with Crippen molar-refractivity contribution in [3.05, 3.63) is 35.2 Å². The van der Waals surface area contributed by atoms with E-state index in [1.807, 2.05) is 51.1 Å². The van der Waals surface area contributed by atoms with Crippen LogP contribution in [0.5, 0.6) is 0 Å². The summed E-state index contributed by atoms with van der Waals surface area (Å²) in [4.78, 5) is 41.1. The van der Waals surface area contributed by atoms with Gasteiger partial charge < -0.3 is 15.0 Å². The number of carbonyl (C=O) groups is 3. The van der Waals surface area contributed by atoms with Crippen molar-refractivity contribution in [1.82, 2.24) is 10.2 Å². The van der Waals surface area contributed by atoms with Crippen LogP contribution < -0.4 is 5.32 Å². The number of likely N-dealkylation sites (tertiary alicyclic amines) is 1. The average Bonchev–Trinajstić information content (AvgIpc) is 3.30. The normalized spacial score (nSPS) is 22.8. The molecule has 2 aliphatic heterocycles. The molecule has 3 unspecified atom stereocenters. The number of thiophene rings is 1. The molecule has 1 aromatic carbocycles. The molecule has 2 fully saturated rings. The Labute approximate surface area is 180 Å². The van der Waals surface area contributed by atoms with Gasteiger partial charge in [-0.05, 0) is 42.2 Å². The number of ketones is 1. The number of hydrogen-bond donors (Lipinski definition) is 1. The summed E-state index contributed by atoms with van der Waals surface area (Å²) in [5.74, 6) is -0.479. The second-order valence-electron chi connectivity index (χ2n) is 9.37. The van der Waals surface area contributed by atoms with E-state index >= 15 is 0 Å². The number of carbonyl (C=O) groups excluding carboxylic acids is 3. The molecular weight excluding hydrogens is 400 g/mol. The molecule has 6 nitrogen and oxygen atoms in total. The number of ether oxygens (including phenoxy) is 1. The van der Waals surface area contributed by atoms with Gasteiger partial charge in [0.2, 0.25) is 5.91 Å². The van der Waals surface area contributed by atoms with E-state index in [9.17, 15) is 14.4 Å². The maximum atomic E-state index is 13.5. The fourth-order valence-corrected chi connectivity index (χ4v) is 5.34. The number of rotatable bonds is 4. The lowest BCUT2D eigenvalue weighted by atomic mass is 9.86. The van der Waals surface area contributed by atoms with Gasteiger partial charge in [0.05, 0.1) is 11.0 Å². The van der Waals surface area contributed by atoms with Crippen molar-refractivity contribution in [2.24, 2.45) is 5.41 Å². The molecule has 2 aliphatic rings. The van der Waals surface area contributed by atoms with Gasteiger partial charge >= 0.3 is 0 Å². The van der Waals surface area contributed by atoms with Crippen LogP contribution in [0.25, 0.3) is 10.1 Å². The second kappa shape index (κ2) is 8.12. The minimum atomic E-state index is -0.685. The monoisotopic (exact) mass is 428 g/mol. The maximum Gasteiger partial charge on any atom is 0.262 e. The Morgan fingerprint density at radius 3 is 2.80 bits per heavy atom. The summed E-state index contributed by atoms with van der Waals surface area (Å²) in [5.41, 5.74) is -0.168. The van der Waals surface area contributed by atoms with Crippen molar-refractivity contribution in [2.45, 2.75) is 58.2 Å². The molecule has 2 saturated heterocycles. The largest absolute Gasteiger partial charge is 0.368 e. The minimum Gasteiger partial charge on any atom is -0.368 e.